The largest absolute Gasteiger partial charge is 0.327 e. The molecule has 0 radical (unpaired) electrons. The SMILES string of the molecule is Cc1ccc(S(=O)(=O)N2CCN(C(=O)CSc3nc4ccccc4s3)C2)cc1. The Morgan fingerprint density at radius 1 is 1.14 bits per heavy atom. The summed E-state index contributed by atoms with van der Waals surface area (Å²) in [4.78, 5) is 18.9. The maximum atomic E-state index is 12.8. The normalized spacial score (nSPS) is 15.4. The third-order valence-corrected chi connectivity index (χ3v) is 8.56. The molecule has 0 aliphatic carbocycles. The zero-order valence-electron chi connectivity index (χ0n) is 15.2. The summed E-state index contributed by atoms with van der Waals surface area (Å²) in [6.45, 7) is 2.73. The van der Waals surface area contributed by atoms with E-state index >= 15 is 0 Å². The Morgan fingerprint density at radius 2 is 1.89 bits per heavy atom. The van der Waals surface area contributed by atoms with Crippen LogP contribution >= 0.6 is 23.1 Å². The number of aromatic nitrogens is 1. The van der Waals surface area contributed by atoms with Gasteiger partial charge in [0.2, 0.25) is 15.9 Å². The number of carbonyl (C=O) groups excluding carboxylic acids is 1. The smallest absolute Gasteiger partial charge is 0.244 e. The van der Waals surface area contributed by atoms with Crippen molar-refractivity contribution in [2.75, 3.05) is 25.5 Å². The first-order valence-corrected chi connectivity index (χ1v) is 12.0. The third-order valence-electron chi connectivity index (χ3n) is 4.55. The number of sulfonamides is 1. The minimum absolute atomic E-state index is 0.0779. The molecule has 2 heterocycles. The molecule has 2 aromatic carbocycles. The van der Waals surface area contributed by atoms with Crippen LogP contribution in [0.2, 0.25) is 0 Å². The van der Waals surface area contributed by atoms with Crippen LogP contribution in [0.1, 0.15) is 5.56 Å². The Morgan fingerprint density at radius 3 is 2.64 bits per heavy atom. The van der Waals surface area contributed by atoms with Gasteiger partial charge in [-0.15, -0.1) is 11.3 Å². The number of thiazole rings is 1. The summed E-state index contributed by atoms with van der Waals surface area (Å²) in [6, 6.07) is 14.6. The first kappa shape index (κ1) is 19.4. The van der Waals surface area contributed by atoms with E-state index in [9.17, 15) is 13.2 Å². The number of carbonyl (C=O) groups is 1. The van der Waals surface area contributed by atoms with Gasteiger partial charge in [-0.1, -0.05) is 41.6 Å². The van der Waals surface area contributed by atoms with Gasteiger partial charge in [0.05, 0.1) is 27.5 Å². The molecule has 1 aromatic heterocycles. The molecular weight excluding hydrogens is 414 g/mol. The van der Waals surface area contributed by atoms with Gasteiger partial charge >= 0.3 is 0 Å². The quantitative estimate of drug-likeness (QED) is 0.578. The lowest BCUT2D eigenvalue weighted by Crippen LogP contribution is -2.34. The minimum Gasteiger partial charge on any atom is -0.327 e. The highest BCUT2D eigenvalue weighted by Crippen LogP contribution is 2.29. The number of amides is 1. The molecule has 1 fully saturated rings. The number of aryl methyl sites for hydroxylation is 1. The average molecular weight is 434 g/mol. The number of thioether (sulfide) groups is 1. The second-order valence-corrected chi connectivity index (χ2v) is 10.7. The van der Waals surface area contributed by atoms with E-state index in [4.69, 9.17) is 0 Å². The van der Waals surface area contributed by atoms with Crippen molar-refractivity contribution < 1.29 is 13.2 Å². The summed E-state index contributed by atoms with van der Waals surface area (Å²) >= 11 is 2.96. The van der Waals surface area contributed by atoms with Gasteiger partial charge in [0, 0.05) is 13.1 Å². The summed E-state index contributed by atoms with van der Waals surface area (Å²) in [5.74, 6) is 0.170. The van der Waals surface area contributed by atoms with Gasteiger partial charge < -0.3 is 4.90 Å². The third kappa shape index (κ3) is 3.93. The highest BCUT2D eigenvalue weighted by Gasteiger charge is 2.33. The van der Waals surface area contributed by atoms with Crippen molar-refractivity contribution in [3.8, 4) is 0 Å². The predicted octanol–water partition coefficient (Wildman–Crippen LogP) is 3.19. The second-order valence-electron chi connectivity index (χ2n) is 6.53. The lowest BCUT2D eigenvalue weighted by atomic mass is 10.2. The Balaban J connectivity index is 1.38. The number of hydrogen-bond donors (Lipinski definition) is 0. The minimum atomic E-state index is -3.58. The highest BCUT2D eigenvalue weighted by atomic mass is 32.2. The number of para-hydroxylation sites is 1. The lowest BCUT2D eigenvalue weighted by molar-refractivity contribution is -0.127. The van der Waals surface area contributed by atoms with E-state index in [1.807, 2.05) is 31.2 Å². The van der Waals surface area contributed by atoms with Crippen LogP contribution in [0.3, 0.4) is 0 Å². The zero-order valence-corrected chi connectivity index (χ0v) is 17.7. The maximum absolute atomic E-state index is 12.8. The van der Waals surface area contributed by atoms with Crippen molar-refractivity contribution in [2.45, 2.75) is 16.2 Å². The van der Waals surface area contributed by atoms with Crippen molar-refractivity contribution >= 4 is 49.2 Å². The molecule has 28 heavy (non-hydrogen) atoms. The van der Waals surface area contributed by atoms with Gasteiger partial charge in [0.25, 0.3) is 0 Å². The molecule has 0 spiro atoms. The van der Waals surface area contributed by atoms with E-state index in [1.54, 1.807) is 40.5 Å². The van der Waals surface area contributed by atoms with Gasteiger partial charge in [0.1, 0.15) is 0 Å². The lowest BCUT2D eigenvalue weighted by Gasteiger charge is -2.18. The summed E-state index contributed by atoms with van der Waals surface area (Å²) in [5.41, 5.74) is 1.93. The fraction of sp³-hybridized carbons (Fsp3) is 0.263. The number of rotatable bonds is 5. The first-order chi connectivity index (χ1) is 13.4. The molecular formula is C19H19N3O3S3. The van der Waals surface area contributed by atoms with Gasteiger partial charge in [-0.25, -0.2) is 13.4 Å². The van der Waals surface area contributed by atoms with E-state index in [2.05, 4.69) is 4.98 Å². The standard InChI is InChI=1S/C19H19N3O3S3/c1-14-6-8-15(9-7-14)28(24,25)22-11-10-21(13-22)18(23)12-26-19-20-16-4-2-3-5-17(16)27-19/h2-9H,10-13H2,1H3. The molecule has 3 aromatic rings. The molecule has 0 unspecified atom stereocenters. The van der Waals surface area contributed by atoms with Crippen LogP contribution in [-0.4, -0.2) is 54.0 Å². The van der Waals surface area contributed by atoms with E-state index in [0.717, 1.165) is 20.1 Å². The first-order valence-electron chi connectivity index (χ1n) is 8.76. The number of benzene rings is 2. The fourth-order valence-electron chi connectivity index (χ4n) is 2.95. The molecule has 1 aliphatic rings. The van der Waals surface area contributed by atoms with Crippen LogP contribution in [0.15, 0.2) is 57.8 Å². The van der Waals surface area contributed by atoms with Crippen LogP contribution in [0.5, 0.6) is 0 Å². The van der Waals surface area contributed by atoms with Crippen molar-refractivity contribution in [1.82, 2.24) is 14.2 Å². The molecule has 4 rings (SSSR count). The van der Waals surface area contributed by atoms with Gasteiger partial charge in [0.15, 0.2) is 4.34 Å². The van der Waals surface area contributed by atoms with Crippen LogP contribution in [0.4, 0.5) is 0 Å². The van der Waals surface area contributed by atoms with Crippen molar-refractivity contribution in [3.63, 3.8) is 0 Å². The van der Waals surface area contributed by atoms with Gasteiger partial charge in [-0.2, -0.15) is 4.31 Å². The van der Waals surface area contributed by atoms with E-state index in [1.165, 1.54) is 16.1 Å². The Labute approximate surface area is 172 Å². The Kier molecular flexibility index (Phi) is 5.42. The summed E-state index contributed by atoms with van der Waals surface area (Å²) < 4.78 is 28.8. The van der Waals surface area contributed by atoms with Gasteiger partial charge in [-0.05, 0) is 31.2 Å². The maximum Gasteiger partial charge on any atom is 0.244 e. The number of nitrogens with zero attached hydrogens (tertiary/aromatic N) is 3. The van der Waals surface area contributed by atoms with Gasteiger partial charge in [-0.3, -0.25) is 4.79 Å². The Bertz CT molecular complexity index is 1080. The molecule has 9 heteroatoms. The molecule has 1 aliphatic heterocycles. The molecule has 0 N–H and O–H groups in total. The highest BCUT2D eigenvalue weighted by molar-refractivity contribution is 8.01. The van der Waals surface area contributed by atoms with Crippen molar-refractivity contribution in [1.29, 1.82) is 0 Å². The van der Waals surface area contributed by atoms with E-state index in [-0.39, 0.29) is 23.2 Å². The van der Waals surface area contributed by atoms with E-state index < -0.39 is 10.0 Å². The molecule has 6 nitrogen and oxygen atoms in total. The molecule has 1 amide bonds. The second kappa shape index (κ2) is 7.82. The molecule has 0 atom stereocenters. The van der Waals surface area contributed by atoms with Crippen LogP contribution in [0, 0.1) is 6.92 Å². The summed E-state index contributed by atoms with van der Waals surface area (Å²) in [5, 5.41) is 0. The average Bonchev–Trinajstić information content (AvgIpc) is 3.34. The van der Waals surface area contributed by atoms with Crippen LogP contribution < -0.4 is 0 Å². The molecule has 0 saturated carbocycles. The summed E-state index contributed by atoms with van der Waals surface area (Å²) in [6.07, 6.45) is 0. The van der Waals surface area contributed by atoms with E-state index in [0.29, 0.717) is 13.1 Å². The monoisotopic (exact) mass is 433 g/mol. The number of hydrogen-bond acceptors (Lipinski definition) is 6. The number of fused-ring (bicyclic) bond motifs is 1. The fourth-order valence-corrected chi connectivity index (χ4v) is 6.31. The molecule has 146 valence electrons. The Hall–Kier alpha value is -1.94. The molecule has 1 saturated heterocycles. The predicted molar refractivity (Wildman–Crippen MR) is 112 cm³/mol. The summed E-state index contributed by atoms with van der Waals surface area (Å²) in [7, 11) is -3.58. The van der Waals surface area contributed by atoms with Crippen molar-refractivity contribution in [3.05, 3.63) is 54.1 Å². The van der Waals surface area contributed by atoms with Crippen LogP contribution in [0.25, 0.3) is 10.2 Å². The zero-order chi connectivity index (χ0) is 19.7. The molecule has 0 bridgehead atoms. The topological polar surface area (TPSA) is 70.6 Å². The van der Waals surface area contributed by atoms with Crippen LogP contribution in [-0.2, 0) is 14.8 Å². The van der Waals surface area contributed by atoms with Crippen molar-refractivity contribution in [2.24, 2.45) is 0 Å².